The van der Waals surface area contributed by atoms with Crippen molar-refractivity contribution in [2.24, 2.45) is 0 Å². The number of nitrogens with zero attached hydrogens (tertiary/aromatic N) is 2. The topological polar surface area (TPSA) is 23.6 Å². The number of rotatable bonds is 3. The highest BCUT2D eigenvalue weighted by Crippen LogP contribution is 2.28. The average Bonchev–Trinajstić information content (AvgIpc) is 2.48. The van der Waals surface area contributed by atoms with Crippen LogP contribution in [0.1, 0.15) is 36.0 Å². The molecule has 124 valence electrons. The van der Waals surface area contributed by atoms with Gasteiger partial charge in [-0.1, -0.05) is 36.0 Å². The molecule has 1 amide bonds. The number of carbonyl (C=O) groups is 1. The summed E-state index contributed by atoms with van der Waals surface area (Å²) in [6.07, 6.45) is 4.59. The van der Waals surface area contributed by atoms with Gasteiger partial charge in [-0.25, -0.2) is 0 Å². The summed E-state index contributed by atoms with van der Waals surface area (Å²) in [7, 11) is 6.05. The molecule has 1 aromatic rings. The summed E-state index contributed by atoms with van der Waals surface area (Å²) in [6.45, 7) is 0. The van der Waals surface area contributed by atoms with Crippen molar-refractivity contribution in [3.63, 3.8) is 0 Å². The zero-order chi connectivity index (χ0) is 15.6. The molecule has 2 atom stereocenters. The number of amides is 1. The summed E-state index contributed by atoms with van der Waals surface area (Å²) in [4.78, 5) is 16.8. The van der Waals surface area contributed by atoms with Crippen LogP contribution in [0.5, 0.6) is 0 Å². The van der Waals surface area contributed by atoms with Gasteiger partial charge < -0.3 is 9.80 Å². The molecule has 0 saturated heterocycles. The molecule has 1 aliphatic rings. The van der Waals surface area contributed by atoms with Gasteiger partial charge in [-0.15, -0.1) is 12.4 Å². The fraction of sp³-hybridized carbons (Fsp3) is 0.562. The Balaban J connectivity index is 0.00000242. The van der Waals surface area contributed by atoms with E-state index in [4.69, 9.17) is 23.2 Å². The SMILES string of the molecule is CN(C)C1CCCCC1N(C)C(=O)c1ccc(Cl)c(Cl)c1.Cl. The smallest absolute Gasteiger partial charge is 0.253 e. The Bertz CT molecular complexity index is 522. The first kappa shape index (κ1) is 19.6. The van der Waals surface area contributed by atoms with Crippen molar-refractivity contribution in [3.05, 3.63) is 33.8 Å². The van der Waals surface area contributed by atoms with Gasteiger partial charge in [0.1, 0.15) is 0 Å². The van der Waals surface area contributed by atoms with E-state index in [1.165, 1.54) is 12.8 Å². The van der Waals surface area contributed by atoms with Gasteiger partial charge in [-0.2, -0.15) is 0 Å². The van der Waals surface area contributed by atoms with Crippen LogP contribution in [0.2, 0.25) is 10.0 Å². The normalized spacial score (nSPS) is 21.4. The highest BCUT2D eigenvalue weighted by atomic mass is 35.5. The van der Waals surface area contributed by atoms with Crippen LogP contribution in [0.25, 0.3) is 0 Å². The molecule has 0 radical (unpaired) electrons. The Labute approximate surface area is 149 Å². The zero-order valence-electron chi connectivity index (χ0n) is 13.2. The molecule has 2 rings (SSSR count). The second-order valence-corrected chi connectivity index (χ2v) is 6.74. The second-order valence-electron chi connectivity index (χ2n) is 5.93. The number of benzene rings is 1. The number of hydrogen-bond acceptors (Lipinski definition) is 2. The van der Waals surface area contributed by atoms with E-state index in [1.807, 2.05) is 11.9 Å². The third-order valence-electron chi connectivity index (χ3n) is 4.34. The number of carbonyl (C=O) groups excluding carboxylic acids is 1. The molecule has 0 spiro atoms. The van der Waals surface area contributed by atoms with Gasteiger partial charge in [0.05, 0.1) is 10.0 Å². The van der Waals surface area contributed by atoms with Crippen LogP contribution >= 0.6 is 35.6 Å². The van der Waals surface area contributed by atoms with Crippen LogP contribution in [-0.2, 0) is 0 Å². The van der Waals surface area contributed by atoms with E-state index >= 15 is 0 Å². The summed E-state index contributed by atoms with van der Waals surface area (Å²) < 4.78 is 0. The third-order valence-corrected chi connectivity index (χ3v) is 5.08. The molecule has 1 aliphatic carbocycles. The first-order chi connectivity index (χ1) is 9.91. The lowest BCUT2D eigenvalue weighted by Gasteiger charge is -2.41. The highest BCUT2D eigenvalue weighted by Gasteiger charge is 2.32. The minimum Gasteiger partial charge on any atom is -0.337 e. The van der Waals surface area contributed by atoms with Gasteiger partial charge in [-0.3, -0.25) is 4.79 Å². The molecule has 1 saturated carbocycles. The number of likely N-dealkylation sites (N-methyl/N-ethyl adjacent to an activating group) is 2. The van der Waals surface area contributed by atoms with E-state index in [1.54, 1.807) is 18.2 Å². The summed E-state index contributed by atoms with van der Waals surface area (Å²) in [5.41, 5.74) is 0.593. The lowest BCUT2D eigenvalue weighted by molar-refractivity contribution is 0.0544. The first-order valence-electron chi connectivity index (χ1n) is 7.30. The average molecular weight is 366 g/mol. The molecule has 0 heterocycles. The van der Waals surface area contributed by atoms with Crippen LogP contribution in [0.4, 0.5) is 0 Å². The highest BCUT2D eigenvalue weighted by molar-refractivity contribution is 6.42. The van der Waals surface area contributed by atoms with Gasteiger partial charge in [0.2, 0.25) is 0 Å². The van der Waals surface area contributed by atoms with Gasteiger partial charge in [0, 0.05) is 24.7 Å². The largest absolute Gasteiger partial charge is 0.337 e. The minimum absolute atomic E-state index is 0. The fourth-order valence-corrected chi connectivity index (χ4v) is 3.43. The van der Waals surface area contributed by atoms with E-state index in [0.29, 0.717) is 21.7 Å². The van der Waals surface area contributed by atoms with Crippen molar-refractivity contribution >= 4 is 41.5 Å². The Morgan fingerprint density at radius 2 is 1.64 bits per heavy atom. The molecule has 22 heavy (non-hydrogen) atoms. The molecule has 6 heteroatoms. The van der Waals surface area contributed by atoms with E-state index in [2.05, 4.69) is 19.0 Å². The number of hydrogen-bond donors (Lipinski definition) is 0. The van der Waals surface area contributed by atoms with Gasteiger partial charge >= 0.3 is 0 Å². The molecule has 3 nitrogen and oxygen atoms in total. The molecule has 0 N–H and O–H groups in total. The van der Waals surface area contributed by atoms with Gasteiger partial charge in [0.15, 0.2) is 0 Å². The Morgan fingerprint density at radius 3 is 2.18 bits per heavy atom. The van der Waals surface area contributed by atoms with Crippen molar-refractivity contribution in [2.45, 2.75) is 37.8 Å². The lowest BCUT2D eigenvalue weighted by atomic mass is 9.88. The molecule has 1 fully saturated rings. The number of halogens is 3. The van der Waals surface area contributed by atoms with E-state index in [0.717, 1.165) is 12.8 Å². The first-order valence-corrected chi connectivity index (χ1v) is 8.06. The summed E-state index contributed by atoms with van der Waals surface area (Å²) in [5, 5.41) is 0.892. The van der Waals surface area contributed by atoms with Crippen molar-refractivity contribution in [2.75, 3.05) is 21.1 Å². The van der Waals surface area contributed by atoms with Crippen molar-refractivity contribution in [1.82, 2.24) is 9.80 Å². The minimum atomic E-state index is 0. The van der Waals surface area contributed by atoms with Gasteiger partial charge in [-0.05, 0) is 45.1 Å². The maximum atomic E-state index is 12.7. The molecule has 0 aliphatic heterocycles. The molecule has 1 aromatic carbocycles. The van der Waals surface area contributed by atoms with Crippen molar-refractivity contribution in [1.29, 1.82) is 0 Å². The zero-order valence-corrected chi connectivity index (χ0v) is 15.5. The van der Waals surface area contributed by atoms with Crippen molar-refractivity contribution < 1.29 is 4.79 Å². The van der Waals surface area contributed by atoms with Crippen LogP contribution < -0.4 is 0 Å². The molecule has 0 aromatic heterocycles. The van der Waals surface area contributed by atoms with Crippen molar-refractivity contribution in [3.8, 4) is 0 Å². The fourth-order valence-electron chi connectivity index (χ4n) is 3.13. The Hall–Kier alpha value is -0.480. The molecule has 2 unspecified atom stereocenters. The quantitative estimate of drug-likeness (QED) is 0.794. The Morgan fingerprint density at radius 1 is 1.05 bits per heavy atom. The maximum Gasteiger partial charge on any atom is 0.253 e. The molecular formula is C16H23Cl3N2O. The van der Waals surface area contributed by atoms with Crippen LogP contribution in [0.15, 0.2) is 18.2 Å². The predicted octanol–water partition coefficient (Wildman–Crippen LogP) is 4.36. The molecule has 0 bridgehead atoms. The molecular weight excluding hydrogens is 343 g/mol. The Kier molecular flexibility index (Phi) is 7.47. The van der Waals surface area contributed by atoms with Crippen LogP contribution in [0, 0.1) is 0 Å². The van der Waals surface area contributed by atoms with Crippen LogP contribution in [-0.4, -0.2) is 48.9 Å². The van der Waals surface area contributed by atoms with E-state index < -0.39 is 0 Å². The third kappa shape index (κ3) is 4.29. The lowest BCUT2D eigenvalue weighted by Crippen LogP contribution is -2.51. The van der Waals surface area contributed by atoms with E-state index in [9.17, 15) is 4.79 Å². The summed E-state index contributed by atoms with van der Waals surface area (Å²) in [5.74, 6) is 0.00677. The van der Waals surface area contributed by atoms with E-state index in [-0.39, 0.29) is 24.4 Å². The van der Waals surface area contributed by atoms with Crippen LogP contribution in [0.3, 0.4) is 0 Å². The standard InChI is InChI=1S/C16H22Cl2N2O.ClH/c1-19(2)14-6-4-5-7-15(14)20(3)16(21)11-8-9-12(17)13(18)10-11;/h8-10,14-15H,4-7H2,1-3H3;1H. The maximum absolute atomic E-state index is 12.7. The predicted molar refractivity (Wildman–Crippen MR) is 95.5 cm³/mol. The second kappa shape index (κ2) is 8.39. The summed E-state index contributed by atoms with van der Waals surface area (Å²) in [6, 6.07) is 5.72. The monoisotopic (exact) mass is 364 g/mol. The van der Waals surface area contributed by atoms with Gasteiger partial charge in [0.25, 0.3) is 5.91 Å². The summed E-state index contributed by atoms with van der Waals surface area (Å²) >= 11 is 11.9.